The molecule has 1 saturated carbocycles. The first kappa shape index (κ1) is 40.5. The zero-order valence-electron chi connectivity index (χ0n) is 35.9. The molecule has 0 spiro atoms. The molecule has 0 unspecified atom stereocenters. The minimum absolute atomic E-state index is 0.0128. The maximum atomic E-state index is 15.3. The Balaban J connectivity index is 1.06. The number of aryl methyl sites for hydroxylation is 2. The van der Waals surface area contributed by atoms with E-state index in [1.165, 1.54) is 15.0 Å². The summed E-state index contributed by atoms with van der Waals surface area (Å²) in [5.74, 6) is 0.175. The number of rotatable bonds is 9. The predicted octanol–water partition coefficient (Wildman–Crippen LogP) is 6.51. The summed E-state index contributed by atoms with van der Waals surface area (Å²) in [6.07, 6.45) is 2.63. The standard InChI is InChI=1S/C47H49FN8O7/c1-26-20-34(21-27(2)39(26)48)55-41(57)36-12-15-53(29(4)40(36)49-44(55)54-17-16-52(46(54)60)25-30-6-9-35(61-5)10-7-30)42(58)38-23-33-22-32(31-13-18-62-19-14-31)8-11-37(33)56(38)47(24-28(47)3)43-50-45(59)63-51-43/h6-11,20-23,28-29,31H,12-19,24-25H2,1-5H3,(H,50,51,59)/t28-,29+,47+/m1/s1. The monoisotopic (exact) mass is 856 g/mol. The first-order chi connectivity index (χ1) is 30.4. The van der Waals surface area contributed by atoms with Crippen LogP contribution in [-0.4, -0.2) is 86.0 Å². The van der Waals surface area contributed by atoms with Gasteiger partial charge < -0.3 is 23.8 Å². The number of hydrogen-bond donors (Lipinski definition) is 1. The molecular weight excluding hydrogens is 808 g/mol. The number of nitrogens with zero attached hydrogens (tertiary/aromatic N) is 7. The van der Waals surface area contributed by atoms with Crippen molar-refractivity contribution in [3.63, 3.8) is 0 Å². The van der Waals surface area contributed by atoms with Gasteiger partial charge in [-0.3, -0.25) is 24.0 Å². The Morgan fingerprint density at radius 1 is 0.968 bits per heavy atom. The van der Waals surface area contributed by atoms with Crippen LogP contribution in [0.15, 0.2) is 74.8 Å². The van der Waals surface area contributed by atoms with Gasteiger partial charge in [0.15, 0.2) is 5.82 Å². The largest absolute Gasteiger partial charge is 0.497 e. The van der Waals surface area contributed by atoms with Crippen LogP contribution in [0.5, 0.6) is 5.75 Å². The summed E-state index contributed by atoms with van der Waals surface area (Å²) in [5, 5.41) is 5.03. The number of anilines is 1. The van der Waals surface area contributed by atoms with Crippen molar-refractivity contribution < 1.29 is 28.0 Å². The molecule has 4 aliphatic rings. The highest BCUT2D eigenvalue weighted by Gasteiger charge is 2.59. The summed E-state index contributed by atoms with van der Waals surface area (Å²) in [6, 6.07) is 17.9. The Kier molecular flexibility index (Phi) is 9.88. The van der Waals surface area contributed by atoms with Crippen LogP contribution in [0.1, 0.15) is 94.9 Å². The van der Waals surface area contributed by atoms with Crippen molar-refractivity contribution in [3.8, 4) is 11.4 Å². The van der Waals surface area contributed by atoms with Crippen LogP contribution >= 0.6 is 0 Å². The molecule has 326 valence electrons. The molecule has 6 heterocycles. The number of fused-ring (bicyclic) bond motifs is 2. The third kappa shape index (κ3) is 6.64. The summed E-state index contributed by atoms with van der Waals surface area (Å²) in [7, 11) is 1.60. The van der Waals surface area contributed by atoms with Crippen molar-refractivity contribution in [1.29, 1.82) is 0 Å². The second-order valence-corrected chi connectivity index (χ2v) is 17.5. The maximum absolute atomic E-state index is 15.3. The molecule has 3 aromatic carbocycles. The zero-order chi connectivity index (χ0) is 43.9. The van der Waals surface area contributed by atoms with Gasteiger partial charge in [-0.2, -0.15) is 0 Å². The molecule has 6 aromatic rings. The summed E-state index contributed by atoms with van der Waals surface area (Å²) in [6.45, 7) is 9.74. The van der Waals surface area contributed by atoms with Crippen LogP contribution in [0.3, 0.4) is 0 Å². The smallest absolute Gasteiger partial charge is 0.438 e. The number of carbonyl (C=O) groups excluding carboxylic acids is 2. The number of aromatic amines is 1. The van der Waals surface area contributed by atoms with Crippen LogP contribution in [0.2, 0.25) is 0 Å². The molecule has 3 fully saturated rings. The van der Waals surface area contributed by atoms with E-state index >= 15 is 9.18 Å². The van der Waals surface area contributed by atoms with Crippen molar-refractivity contribution in [2.45, 2.75) is 77.4 Å². The Hall–Kier alpha value is -6.55. The van der Waals surface area contributed by atoms with Gasteiger partial charge in [-0.15, -0.1) is 0 Å². The van der Waals surface area contributed by atoms with E-state index in [1.807, 2.05) is 41.8 Å². The zero-order valence-corrected chi connectivity index (χ0v) is 35.9. The number of halogens is 1. The number of carbonyl (C=O) groups is 2. The van der Waals surface area contributed by atoms with Crippen LogP contribution in [0.4, 0.5) is 15.1 Å². The number of aromatic nitrogens is 5. The number of nitrogens with one attached hydrogen (secondary N) is 1. The summed E-state index contributed by atoms with van der Waals surface area (Å²) in [4.78, 5) is 69.7. The van der Waals surface area contributed by atoms with E-state index in [0.29, 0.717) is 84.0 Å². The maximum Gasteiger partial charge on any atom is 0.438 e. The average molecular weight is 857 g/mol. The minimum Gasteiger partial charge on any atom is -0.497 e. The highest BCUT2D eigenvalue weighted by molar-refractivity contribution is 6.00. The molecular formula is C47H49FN8O7. The Bertz CT molecular complexity index is 2910. The number of ether oxygens (including phenoxy) is 2. The molecule has 0 bridgehead atoms. The number of amides is 3. The lowest BCUT2D eigenvalue weighted by Crippen LogP contribution is -2.45. The molecule has 3 aromatic heterocycles. The lowest BCUT2D eigenvalue weighted by molar-refractivity contribution is 0.0658. The van der Waals surface area contributed by atoms with Gasteiger partial charge in [0, 0.05) is 55.9 Å². The van der Waals surface area contributed by atoms with E-state index in [4.69, 9.17) is 19.0 Å². The van der Waals surface area contributed by atoms with Crippen molar-refractivity contribution in [2.75, 3.05) is 44.9 Å². The van der Waals surface area contributed by atoms with Crippen molar-refractivity contribution >= 4 is 28.8 Å². The lowest BCUT2D eigenvalue weighted by Gasteiger charge is -2.36. The van der Waals surface area contributed by atoms with Gasteiger partial charge >= 0.3 is 11.8 Å². The molecule has 2 saturated heterocycles. The average Bonchev–Trinajstić information content (AvgIpc) is 3.58. The van der Waals surface area contributed by atoms with Crippen LogP contribution in [0.25, 0.3) is 16.6 Å². The normalized spacial score (nSPS) is 21.4. The van der Waals surface area contributed by atoms with E-state index < -0.39 is 17.3 Å². The summed E-state index contributed by atoms with van der Waals surface area (Å²) < 4.78 is 34.4. The fourth-order valence-corrected chi connectivity index (χ4v) is 10.1. The highest BCUT2D eigenvalue weighted by Crippen LogP contribution is 2.56. The van der Waals surface area contributed by atoms with E-state index in [1.54, 1.807) is 42.9 Å². The van der Waals surface area contributed by atoms with E-state index in [0.717, 1.165) is 29.3 Å². The lowest BCUT2D eigenvalue weighted by atomic mass is 9.91. The molecule has 3 aliphatic heterocycles. The molecule has 3 amide bonds. The van der Waals surface area contributed by atoms with Gasteiger partial charge in [0.25, 0.3) is 11.5 Å². The topological polar surface area (TPSA) is 161 Å². The number of H-pyrrole nitrogens is 1. The van der Waals surface area contributed by atoms with Crippen LogP contribution < -0.4 is 21.0 Å². The Morgan fingerprint density at radius 2 is 1.70 bits per heavy atom. The van der Waals surface area contributed by atoms with Gasteiger partial charge in [0.2, 0.25) is 5.95 Å². The second-order valence-electron chi connectivity index (χ2n) is 17.5. The summed E-state index contributed by atoms with van der Waals surface area (Å²) in [5.41, 5.74) is 4.02. The van der Waals surface area contributed by atoms with Crippen molar-refractivity contribution in [2.24, 2.45) is 5.92 Å². The number of methoxy groups -OCH3 is 1. The molecule has 0 radical (unpaired) electrons. The minimum atomic E-state index is -0.839. The van der Waals surface area contributed by atoms with E-state index in [-0.39, 0.29) is 54.7 Å². The van der Waals surface area contributed by atoms with Crippen LogP contribution in [0, 0.1) is 25.6 Å². The number of hydrogen-bond acceptors (Lipinski definition) is 9. The van der Waals surface area contributed by atoms with Crippen molar-refractivity contribution in [1.82, 2.24) is 34.1 Å². The van der Waals surface area contributed by atoms with E-state index in [9.17, 15) is 14.4 Å². The third-order valence-electron chi connectivity index (χ3n) is 13.7. The quantitative estimate of drug-likeness (QED) is 0.171. The van der Waals surface area contributed by atoms with E-state index in [2.05, 4.69) is 35.3 Å². The van der Waals surface area contributed by atoms with Crippen molar-refractivity contribution in [3.05, 3.63) is 132 Å². The number of benzene rings is 3. The third-order valence-corrected chi connectivity index (χ3v) is 13.7. The second kappa shape index (κ2) is 15.4. The molecule has 10 rings (SSSR count). The fourth-order valence-electron chi connectivity index (χ4n) is 10.1. The molecule has 3 atom stereocenters. The van der Waals surface area contributed by atoms with Gasteiger partial charge in [-0.25, -0.2) is 23.5 Å². The SMILES string of the molecule is COc1ccc(CN2CCN(c3nc4c(c(=O)n3-c3cc(C)c(F)c(C)c3)CCN(C(=O)c3cc5cc(C6CCOCC6)ccc5n3[C@@]3(c5noc(=O)[nH]5)C[C@H]3C)[C@H]4C)C2=O)cc1. The van der Waals surface area contributed by atoms with Gasteiger partial charge in [-0.05, 0) is 123 Å². The molecule has 1 N–H and O–H groups in total. The van der Waals surface area contributed by atoms with Crippen LogP contribution in [-0.2, 0) is 23.2 Å². The first-order valence-corrected chi connectivity index (χ1v) is 21.6. The highest BCUT2D eigenvalue weighted by atomic mass is 19.1. The van der Waals surface area contributed by atoms with Gasteiger partial charge in [-0.1, -0.05) is 30.3 Å². The molecule has 16 heteroatoms. The molecule has 63 heavy (non-hydrogen) atoms. The van der Waals surface area contributed by atoms with Gasteiger partial charge in [0.1, 0.15) is 22.8 Å². The fraction of sp³-hybridized carbons (Fsp3) is 0.404. The Labute approximate surface area is 362 Å². The first-order valence-electron chi connectivity index (χ1n) is 21.6. The molecule has 15 nitrogen and oxygen atoms in total. The Morgan fingerprint density at radius 3 is 2.37 bits per heavy atom. The number of urea groups is 1. The molecule has 1 aliphatic carbocycles. The predicted molar refractivity (Wildman–Crippen MR) is 231 cm³/mol. The summed E-state index contributed by atoms with van der Waals surface area (Å²) >= 11 is 0. The van der Waals surface area contributed by atoms with Gasteiger partial charge in [0.05, 0.1) is 24.5 Å².